The summed E-state index contributed by atoms with van der Waals surface area (Å²) in [6.07, 6.45) is 0.846. The number of thiazole rings is 1. The van der Waals surface area contributed by atoms with Crippen molar-refractivity contribution in [2.75, 3.05) is 25.6 Å². The van der Waals surface area contributed by atoms with Crippen LogP contribution in [0.4, 0.5) is 10.5 Å². The van der Waals surface area contributed by atoms with Crippen LogP contribution in [0.15, 0.2) is 29.6 Å². The summed E-state index contributed by atoms with van der Waals surface area (Å²) < 4.78 is 5.11. The molecule has 2 N–H and O–H groups in total. The maximum atomic E-state index is 12.7. The van der Waals surface area contributed by atoms with E-state index in [4.69, 9.17) is 16.3 Å². The molecule has 3 amide bonds. The van der Waals surface area contributed by atoms with Crippen molar-refractivity contribution >= 4 is 40.6 Å². The van der Waals surface area contributed by atoms with Crippen molar-refractivity contribution in [2.45, 2.75) is 32.9 Å². The Morgan fingerprint density at radius 1 is 1.32 bits per heavy atom. The van der Waals surface area contributed by atoms with E-state index >= 15 is 0 Å². The summed E-state index contributed by atoms with van der Waals surface area (Å²) in [5, 5.41) is 8.70. The zero-order valence-electron chi connectivity index (χ0n) is 16.2. The molecule has 0 bridgehead atoms. The van der Waals surface area contributed by atoms with Crippen LogP contribution in [0.25, 0.3) is 0 Å². The average molecular weight is 425 g/mol. The molecule has 1 aromatic carbocycles. The Bertz CT molecular complexity index is 782. The van der Waals surface area contributed by atoms with Crippen LogP contribution in [0.2, 0.25) is 5.02 Å². The van der Waals surface area contributed by atoms with Gasteiger partial charge in [-0.3, -0.25) is 4.79 Å². The molecule has 152 valence electrons. The molecule has 0 fully saturated rings. The fraction of sp³-hybridized carbons (Fsp3) is 0.421. The Balaban J connectivity index is 2.04. The first-order valence-corrected chi connectivity index (χ1v) is 10.2. The number of amides is 3. The minimum absolute atomic E-state index is 0.0843. The normalized spacial score (nSPS) is 11.7. The third kappa shape index (κ3) is 6.78. The lowest BCUT2D eigenvalue weighted by Crippen LogP contribution is -2.37. The van der Waals surface area contributed by atoms with E-state index in [9.17, 15) is 9.59 Å². The first-order valence-electron chi connectivity index (χ1n) is 8.98. The number of halogens is 1. The van der Waals surface area contributed by atoms with Gasteiger partial charge >= 0.3 is 6.03 Å². The zero-order chi connectivity index (χ0) is 20.5. The Hall–Kier alpha value is -2.16. The molecule has 0 spiro atoms. The summed E-state index contributed by atoms with van der Waals surface area (Å²) in [7, 11) is 1.58. The number of carbonyl (C=O) groups excluding carboxylic acids is 2. The van der Waals surface area contributed by atoms with Gasteiger partial charge < -0.3 is 20.3 Å². The van der Waals surface area contributed by atoms with Crippen LogP contribution < -0.4 is 10.6 Å². The molecule has 0 aliphatic rings. The van der Waals surface area contributed by atoms with E-state index in [1.54, 1.807) is 41.7 Å². The fourth-order valence-electron chi connectivity index (χ4n) is 2.24. The number of aromatic nitrogens is 1. The van der Waals surface area contributed by atoms with Crippen molar-refractivity contribution in [3.05, 3.63) is 45.4 Å². The van der Waals surface area contributed by atoms with Gasteiger partial charge in [-0.2, -0.15) is 0 Å². The minimum atomic E-state index is -0.278. The number of hydrogen-bond donors (Lipinski definition) is 2. The van der Waals surface area contributed by atoms with Gasteiger partial charge in [0.2, 0.25) is 0 Å². The number of carbonyl (C=O) groups is 2. The average Bonchev–Trinajstić information content (AvgIpc) is 3.15. The maximum Gasteiger partial charge on any atom is 0.322 e. The van der Waals surface area contributed by atoms with E-state index in [1.807, 2.05) is 13.8 Å². The molecule has 1 heterocycles. The van der Waals surface area contributed by atoms with Gasteiger partial charge in [-0.15, -0.1) is 11.3 Å². The standard InChI is InChI=1S/C19H25ClN4O3S/c1-4-13(2)21-18(25)16-12-28-17(23-16)11-24(9-10-27-3)19(26)22-15-7-5-14(20)6-8-15/h5-8,12-13H,4,9-11H2,1-3H3,(H,21,25)(H,22,26). The molecule has 0 radical (unpaired) electrons. The van der Waals surface area contributed by atoms with Crippen LogP contribution in [0, 0.1) is 0 Å². The molecule has 9 heteroatoms. The molecule has 2 aromatic rings. The summed E-state index contributed by atoms with van der Waals surface area (Å²) in [5.41, 5.74) is 1.01. The molecule has 1 atom stereocenters. The van der Waals surface area contributed by atoms with Gasteiger partial charge in [0.15, 0.2) is 0 Å². The number of ether oxygens (including phenoxy) is 1. The first-order chi connectivity index (χ1) is 13.4. The predicted molar refractivity (Wildman–Crippen MR) is 112 cm³/mol. The van der Waals surface area contributed by atoms with Gasteiger partial charge in [-0.1, -0.05) is 18.5 Å². The second-order valence-electron chi connectivity index (χ2n) is 6.26. The summed E-state index contributed by atoms with van der Waals surface area (Å²) in [6, 6.07) is 6.69. The highest BCUT2D eigenvalue weighted by Gasteiger charge is 2.18. The summed E-state index contributed by atoms with van der Waals surface area (Å²) >= 11 is 7.22. The molecule has 7 nitrogen and oxygen atoms in total. The Morgan fingerprint density at radius 2 is 2.04 bits per heavy atom. The van der Waals surface area contributed by atoms with Crippen molar-refractivity contribution in [2.24, 2.45) is 0 Å². The molecular weight excluding hydrogens is 400 g/mol. The van der Waals surface area contributed by atoms with E-state index in [0.717, 1.165) is 6.42 Å². The topological polar surface area (TPSA) is 83.6 Å². The predicted octanol–water partition coefficient (Wildman–Crippen LogP) is 4.01. The number of urea groups is 1. The van der Waals surface area contributed by atoms with Gasteiger partial charge in [0.25, 0.3) is 5.91 Å². The fourth-order valence-corrected chi connectivity index (χ4v) is 3.16. The summed E-state index contributed by atoms with van der Waals surface area (Å²) in [6.45, 7) is 5.01. The highest BCUT2D eigenvalue weighted by Crippen LogP contribution is 2.16. The van der Waals surface area contributed by atoms with Crippen LogP contribution in [-0.4, -0.2) is 48.1 Å². The molecule has 0 saturated heterocycles. The Labute approximate surface area is 174 Å². The van der Waals surface area contributed by atoms with E-state index in [-0.39, 0.29) is 24.5 Å². The largest absolute Gasteiger partial charge is 0.383 e. The number of methoxy groups -OCH3 is 1. The minimum Gasteiger partial charge on any atom is -0.383 e. The third-order valence-corrected chi connectivity index (χ3v) is 5.13. The quantitative estimate of drug-likeness (QED) is 0.637. The smallest absolute Gasteiger partial charge is 0.322 e. The van der Waals surface area contributed by atoms with Crippen LogP contribution in [0.5, 0.6) is 0 Å². The van der Waals surface area contributed by atoms with Crippen LogP contribution in [0.1, 0.15) is 35.8 Å². The lowest BCUT2D eigenvalue weighted by Gasteiger charge is -2.21. The summed E-state index contributed by atoms with van der Waals surface area (Å²) in [5.74, 6) is -0.203. The van der Waals surface area contributed by atoms with E-state index in [1.165, 1.54) is 11.3 Å². The second kappa shape index (κ2) is 11.0. The van der Waals surface area contributed by atoms with Gasteiger partial charge in [0, 0.05) is 35.8 Å². The van der Waals surface area contributed by atoms with E-state index < -0.39 is 0 Å². The number of nitrogens with zero attached hydrogens (tertiary/aromatic N) is 2. The van der Waals surface area contributed by atoms with E-state index in [0.29, 0.717) is 34.6 Å². The highest BCUT2D eigenvalue weighted by atomic mass is 35.5. The van der Waals surface area contributed by atoms with Gasteiger partial charge in [-0.25, -0.2) is 9.78 Å². The number of benzene rings is 1. The van der Waals surface area contributed by atoms with Crippen molar-refractivity contribution in [1.82, 2.24) is 15.2 Å². The Morgan fingerprint density at radius 3 is 2.68 bits per heavy atom. The monoisotopic (exact) mass is 424 g/mol. The van der Waals surface area contributed by atoms with Crippen molar-refractivity contribution < 1.29 is 14.3 Å². The van der Waals surface area contributed by atoms with Crippen molar-refractivity contribution in [3.8, 4) is 0 Å². The molecule has 2 rings (SSSR count). The first kappa shape index (κ1) is 22.1. The van der Waals surface area contributed by atoms with Crippen molar-refractivity contribution in [1.29, 1.82) is 0 Å². The molecule has 0 aliphatic heterocycles. The Kier molecular flexibility index (Phi) is 8.69. The number of hydrogen-bond acceptors (Lipinski definition) is 5. The van der Waals surface area contributed by atoms with Crippen LogP contribution >= 0.6 is 22.9 Å². The SMILES string of the molecule is CCC(C)NC(=O)c1csc(CN(CCOC)C(=O)Nc2ccc(Cl)cc2)n1. The van der Waals surface area contributed by atoms with Gasteiger partial charge in [0.05, 0.1) is 13.2 Å². The van der Waals surface area contributed by atoms with Crippen LogP contribution in [-0.2, 0) is 11.3 Å². The molecule has 0 aliphatic carbocycles. The number of anilines is 1. The molecule has 1 aromatic heterocycles. The lowest BCUT2D eigenvalue weighted by atomic mass is 10.2. The lowest BCUT2D eigenvalue weighted by molar-refractivity contribution is 0.0934. The number of rotatable bonds is 9. The maximum absolute atomic E-state index is 12.7. The number of nitrogens with one attached hydrogen (secondary N) is 2. The molecule has 1 unspecified atom stereocenters. The summed E-state index contributed by atoms with van der Waals surface area (Å²) in [4.78, 5) is 30.8. The van der Waals surface area contributed by atoms with E-state index in [2.05, 4.69) is 15.6 Å². The van der Waals surface area contributed by atoms with Crippen LogP contribution in [0.3, 0.4) is 0 Å². The van der Waals surface area contributed by atoms with Gasteiger partial charge in [0.1, 0.15) is 10.7 Å². The highest BCUT2D eigenvalue weighted by molar-refractivity contribution is 7.09. The van der Waals surface area contributed by atoms with Gasteiger partial charge in [-0.05, 0) is 37.6 Å². The zero-order valence-corrected chi connectivity index (χ0v) is 17.8. The van der Waals surface area contributed by atoms with Crippen molar-refractivity contribution in [3.63, 3.8) is 0 Å². The second-order valence-corrected chi connectivity index (χ2v) is 7.64. The molecular formula is C19H25ClN4O3S. The molecule has 0 saturated carbocycles. The molecule has 28 heavy (non-hydrogen) atoms. The third-order valence-electron chi connectivity index (χ3n) is 4.05.